The Morgan fingerprint density at radius 1 is 0.581 bits per heavy atom. The number of halogens is 2. The molecule has 0 aromatic rings. The molecule has 31 heavy (non-hydrogen) atoms. The van der Waals surface area contributed by atoms with Crippen LogP contribution in [-0.2, 0) is 20.8 Å². The van der Waals surface area contributed by atoms with Gasteiger partial charge in [0.25, 0.3) is 0 Å². The summed E-state index contributed by atoms with van der Waals surface area (Å²) in [6.45, 7) is 20.5. The summed E-state index contributed by atoms with van der Waals surface area (Å²) in [5, 5.41) is 0. The van der Waals surface area contributed by atoms with Crippen molar-refractivity contribution >= 4 is 17.0 Å². The maximum atomic E-state index is 4.93. The van der Waals surface area contributed by atoms with E-state index in [1.807, 2.05) is 0 Å². The van der Waals surface area contributed by atoms with E-state index in [4.69, 9.17) is 17.0 Å². The summed E-state index contributed by atoms with van der Waals surface area (Å²) in [4.78, 5) is 5.07. The molecule has 2 nitrogen and oxygen atoms in total. The summed E-state index contributed by atoms with van der Waals surface area (Å²) in [6, 6.07) is 2.57. The monoisotopic (exact) mass is 544 g/mol. The third kappa shape index (κ3) is 15.8. The Morgan fingerprint density at radius 3 is 1.00 bits per heavy atom. The molecule has 10 radical (unpaired) electrons. The van der Waals surface area contributed by atoms with Gasteiger partial charge < -0.3 is 0 Å². The van der Waals surface area contributed by atoms with Crippen molar-refractivity contribution in [2.24, 2.45) is 0 Å². The van der Waals surface area contributed by atoms with Gasteiger partial charge in [-0.25, -0.2) is 0 Å². The van der Waals surface area contributed by atoms with Crippen LogP contribution in [0.2, 0.25) is 0 Å². The molecule has 2 fully saturated rings. The van der Waals surface area contributed by atoms with Crippen LogP contribution in [-0.4, -0.2) is 47.1 Å². The summed E-state index contributed by atoms with van der Waals surface area (Å²) in [5.41, 5.74) is 0. The minimum atomic E-state index is -0.826. The molecule has 0 spiro atoms. The van der Waals surface area contributed by atoms with E-state index in [0.717, 1.165) is 0 Å². The molecular formula is C26H44Cl2N2Zr+2. The Kier molecular flexibility index (Phi) is 20.5. The average Bonchev–Trinajstić information content (AvgIpc) is 3.36. The van der Waals surface area contributed by atoms with E-state index < -0.39 is 20.8 Å². The first-order chi connectivity index (χ1) is 14.6. The molecule has 2 aliphatic carbocycles. The third-order valence-corrected chi connectivity index (χ3v) is 5.43. The van der Waals surface area contributed by atoms with Crippen LogP contribution in [0.5, 0.6) is 0 Å². The fourth-order valence-electron chi connectivity index (χ4n) is 3.90. The van der Waals surface area contributed by atoms with Gasteiger partial charge in [-0.15, -0.1) is 0 Å². The van der Waals surface area contributed by atoms with Crippen molar-refractivity contribution in [3.8, 4) is 0 Å². The van der Waals surface area contributed by atoms with Crippen molar-refractivity contribution in [2.75, 3.05) is 13.1 Å². The molecule has 0 aromatic carbocycles. The van der Waals surface area contributed by atoms with Crippen LogP contribution in [0.15, 0.2) is 0 Å². The van der Waals surface area contributed by atoms with Crippen molar-refractivity contribution in [1.29, 1.82) is 0 Å². The van der Waals surface area contributed by atoms with Gasteiger partial charge in [0.05, 0.1) is 0 Å². The van der Waals surface area contributed by atoms with Crippen LogP contribution in [0.3, 0.4) is 0 Å². The molecular weight excluding hydrogens is 502 g/mol. The zero-order chi connectivity index (χ0) is 23.8. The molecule has 0 amide bonds. The topological polar surface area (TPSA) is 6.48 Å². The van der Waals surface area contributed by atoms with Gasteiger partial charge in [0, 0.05) is 24.2 Å². The molecule has 2 saturated carbocycles. The molecule has 0 unspecified atom stereocenters. The number of rotatable bonds is 10. The van der Waals surface area contributed by atoms with Gasteiger partial charge in [0.1, 0.15) is 0 Å². The third-order valence-electron chi connectivity index (χ3n) is 5.43. The molecule has 0 aliphatic heterocycles. The first-order valence-corrected chi connectivity index (χ1v) is 17.9. The molecule has 174 valence electrons. The van der Waals surface area contributed by atoms with Crippen molar-refractivity contribution in [3.05, 3.63) is 63.2 Å². The van der Waals surface area contributed by atoms with Crippen LogP contribution >= 0.6 is 17.0 Å². The van der Waals surface area contributed by atoms with E-state index >= 15 is 0 Å². The van der Waals surface area contributed by atoms with E-state index in [9.17, 15) is 0 Å². The quantitative estimate of drug-likeness (QED) is 0.286. The zero-order valence-corrected chi connectivity index (χ0v) is 24.9. The normalized spacial score (nSPS) is 17.5. The van der Waals surface area contributed by atoms with Gasteiger partial charge in [-0.3, -0.25) is 9.80 Å². The minimum absolute atomic E-state index is 0.643. The molecule has 2 rings (SSSR count). The summed E-state index contributed by atoms with van der Waals surface area (Å²) in [5.74, 6) is 2.91. The van der Waals surface area contributed by atoms with Crippen molar-refractivity contribution < 1.29 is 20.8 Å². The van der Waals surface area contributed by atoms with E-state index in [0.29, 0.717) is 24.2 Å². The Hall–Kier alpha value is 1.38. The average molecular weight is 547 g/mol. The van der Waals surface area contributed by atoms with Crippen LogP contribution in [0.1, 0.15) is 68.2 Å². The van der Waals surface area contributed by atoms with Gasteiger partial charge >= 0.3 is 37.9 Å². The van der Waals surface area contributed by atoms with Gasteiger partial charge in [0.15, 0.2) is 0 Å². The van der Waals surface area contributed by atoms with E-state index in [1.54, 1.807) is 0 Å². The second-order valence-corrected chi connectivity index (χ2v) is 12.7. The van der Waals surface area contributed by atoms with E-state index in [-0.39, 0.29) is 0 Å². The summed E-state index contributed by atoms with van der Waals surface area (Å²) in [6.07, 6.45) is 19.6. The molecule has 2 aliphatic rings. The van der Waals surface area contributed by atoms with Crippen LogP contribution in [0, 0.1) is 63.2 Å². The van der Waals surface area contributed by atoms with Crippen molar-refractivity contribution in [2.45, 2.75) is 92.4 Å². The Bertz CT molecular complexity index is 341. The fraction of sp³-hybridized carbons (Fsp3) is 0.615. The molecule has 0 N–H and O–H groups in total. The van der Waals surface area contributed by atoms with Crippen LogP contribution < -0.4 is 0 Å². The Balaban J connectivity index is 0.000000516. The van der Waals surface area contributed by atoms with E-state index in [1.165, 1.54) is 37.8 Å². The Morgan fingerprint density at radius 2 is 0.806 bits per heavy atom. The molecule has 0 bridgehead atoms. The number of nitrogens with zero attached hydrogens (tertiary/aromatic N) is 2. The molecule has 0 saturated heterocycles. The van der Waals surface area contributed by atoms with Gasteiger partial charge in [-0.2, -0.15) is 0 Å². The van der Waals surface area contributed by atoms with E-state index in [2.05, 4.69) is 117 Å². The number of hydrogen-bond donors (Lipinski definition) is 0. The van der Waals surface area contributed by atoms with Crippen LogP contribution in [0.4, 0.5) is 0 Å². The van der Waals surface area contributed by atoms with Gasteiger partial charge in [-0.1, -0.05) is 0 Å². The number of hydrogen-bond acceptors (Lipinski definition) is 2. The summed E-state index contributed by atoms with van der Waals surface area (Å²) >= 11 is -0.826. The predicted molar refractivity (Wildman–Crippen MR) is 136 cm³/mol. The Labute approximate surface area is 215 Å². The molecule has 0 atom stereocenters. The zero-order valence-electron chi connectivity index (χ0n) is 20.9. The standard InChI is InChI=1S/2C13H22N.2ClH.Zr/c2*1-11(2)14(12(3)4)10-9-13-7-5-6-8-13;;;/h2*5-8,11-12H,9-10H2,1-4H3;2*1H;/q;;;;+4/p-2. The second-order valence-electron chi connectivity index (χ2n) is 9.01. The molecule has 0 heterocycles. The summed E-state index contributed by atoms with van der Waals surface area (Å²) in [7, 11) is 9.87. The van der Waals surface area contributed by atoms with Crippen molar-refractivity contribution in [3.63, 3.8) is 0 Å². The summed E-state index contributed by atoms with van der Waals surface area (Å²) < 4.78 is 0. The second kappa shape index (κ2) is 19.7. The fourth-order valence-corrected chi connectivity index (χ4v) is 3.90. The van der Waals surface area contributed by atoms with Gasteiger partial charge in [-0.05, 0) is 145 Å². The van der Waals surface area contributed by atoms with Crippen LogP contribution in [0.25, 0.3) is 0 Å². The predicted octanol–water partition coefficient (Wildman–Crippen LogP) is 7.18. The van der Waals surface area contributed by atoms with Crippen molar-refractivity contribution in [1.82, 2.24) is 9.80 Å². The molecule has 0 aromatic heterocycles. The first kappa shape index (κ1) is 32.4. The SMILES string of the molecule is CC(C)N(CC[C]1[CH][CH][CH][CH]1)C(C)C.CC(C)N(CC[C]1[CH][CH][CH][CH]1)C(C)C.[Cl][Zr+2][Cl]. The van der Waals surface area contributed by atoms with Gasteiger partial charge in [0.2, 0.25) is 0 Å². The maximum absolute atomic E-state index is 4.93. The first-order valence-electron chi connectivity index (χ1n) is 11.5. The molecule has 5 heteroatoms.